The number of fused-ring (bicyclic) bond motifs is 1. The molecule has 23 heavy (non-hydrogen) atoms. The van der Waals surface area contributed by atoms with Crippen LogP contribution in [-0.2, 0) is 4.79 Å². The molecule has 6 nitrogen and oxygen atoms in total. The molecule has 0 spiro atoms. The van der Waals surface area contributed by atoms with Gasteiger partial charge in [0.25, 0.3) is 0 Å². The van der Waals surface area contributed by atoms with Gasteiger partial charge in [0.2, 0.25) is 12.7 Å². The molecule has 118 valence electrons. The van der Waals surface area contributed by atoms with Gasteiger partial charge in [0, 0.05) is 23.0 Å². The fraction of sp³-hybridized carbons (Fsp3) is 0.176. The SMILES string of the molecule is CC(=O)c1ccc(NCC(=O)Nc2ccc3c(c2)OCO3)cc1. The van der Waals surface area contributed by atoms with Crippen molar-refractivity contribution >= 4 is 23.1 Å². The minimum atomic E-state index is -0.181. The summed E-state index contributed by atoms with van der Waals surface area (Å²) in [5, 5.41) is 5.78. The van der Waals surface area contributed by atoms with Crippen molar-refractivity contribution < 1.29 is 19.1 Å². The average Bonchev–Trinajstić information content (AvgIpc) is 3.01. The summed E-state index contributed by atoms with van der Waals surface area (Å²) in [4.78, 5) is 23.2. The zero-order valence-corrected chi connectivity index (χ0v) is 12.6. The summed E-state index contributed by atoms with van der Waals surface area (Å²) in [6, 6.07) is 12.2. The molecule has 0 bridgehead atoms. The molecule has 1 aliphatic rings. The van der Waals surface area contributed by atoms with Crippen molar-refractivity contribution in [3.05, 3.63) is 48.0 Å². The summed E-state index contributed by atoms with van der Waals surface area (Å²) in [5.41, 5.74) is 2.06. The Morgan fingerprint density at radius 2 is 1.70 bits per heavy atom. The molecule has 0 aliphatic carbocycles. The molecule has 0 fully saturated rings. The lowest BCUT2D eigenvalue weighted by Crippen LogP contribution is -2.21. The van der Waals surface area contributed by atoms with E-state index in [-0.39, 0.29) is 25.0 Å². The Balaban J connectivity index is 1.54. The van der Waals surface area contributed by atoms with Crippen LogP contribution in [0.2, 0.25) is 0 Å². The third-order valence-electron chi connectivity index (χ3n) is 3.40. The van der Waals surface area contributed by atoms with Crippen LogP contribution in [0.5, 0.6) is 11.5 Å². The number of Topliss-reactive ketones (excluding diaryl/α,β-unsaturated/α-hetero) is 1. The molecular formula is C17H16N2O4. The van der Waals surface area contributed by atoms with E-state index in [9.17, 15) is 9.59 Å². The smallest absolute Gasteiger partial charge is 0.243 e. The molecule has 0 aromatic heterocycles. The van der Waals surface area contributed by atoms with Gasteiger partial charge in [-0.1, -0.05) is 0 Å². The van der Waals surface area contributed by atoms with Crippen LogP contribution < -0.4 is 20.1 Å². The van der Waals surface area contributed by atoms with Crippen molar-refractivity contribution in [1.29, 1.82) is 0 Å². The van der Waals surface area contributed by atoms with Crippen molar-refractivity contribution in [2.24, 2.45) is 0 Å². The van der Waals surface area contributed by atoms with Crippen LogP contribution in [0.3, 0.4) is 0 Å². The first-order valence-electron chi connectivity index (χ1n) is 7.16. The maximum Gasteiger partial charge on any atom is 0.243 e. The van der Waals surface area contributed by atoms with Gasteiger partial charge in [0.05, 0.1) is 6.54 Å². The van der Waals surface area contributed by atoms with E-state index in [2.05, 4.69) is 10.6 Å². The number of rotatable bonds is 5. The average molecular weight is 312 g/mol. The number of nitrogens with one attached hydrogen (secondary N) is 2. The van der Waals surface area contributed by atoms with Crippen LogP contribution in [0.15, 0.2) is 42.5 Å². The number of carbonyl (C=O) groups is 2. The normalized spacial score (nSPS) is 11.9. The van der Waals surface area contributed by atoms with Crippen molar-refractivity contribution in [2.45, 2.75) is 6.92 Å². The highest BCUT2D eigenvalue weighted by Gasteiger charge is 2.14. The second-order valence-electron chi connectivity index (χ2n) is 5.10. The Kier molecular flexibility index (Phi) is 4.14. The number of hydrogen-bond acceptors (Lipinski definition) is 5. The van der Waals surface area contributed by atoms with Crippen molar-refractivity contribution in [2.75, 3.05) is 24.0 Å². The molecule has 1 amide bonds. The zero-order valence-electron chi connectivity index (χ0n) is 12.6. The summed E-state index contributed by atoms with van der Waals surface area (Å²) in [6.45, 7) is 1.83. The fourth-order valence-corrected chi connectivity index (χ4v) is 2.18. The maximum absolute atomic E-state index is 12.0. The Morgan fingerprint density at radius 1 is 1.00 bits per heavy atom. The molecule has 0 unspecified atom stereocenters. The lowest BCUT2D eigenvalue weighted by atomic mass is 10.1. The van der Waals surface area contributed by atoms with Crippen LogP contribution in [0.4, 0.5) is 11.4 Å². The summed E-state index contributed by atoms with van der Waals surface area (Å²) in [5.74, 6) is 1.12. The quantitative estimate of drug-likeness (QED) is 0.830. The molecule has 1 aliphatic heterocycles. The van der Waals surface area contributed by atoms with Crippen molar-refractivity contribution in [1.82, 2.24) is 0 Å². The largest absolute Gasteiger partial charge is 0.454 e. The maximum atomic E-state index is 12.0. The van der Waals surface area contributed by atoms with Gasteiger partial charge in [-0.05, 0) is 43.3 Å². The topological polar surface area (TPSA) is 76.7 Å². The summed E-state index contributed by atoms with van der Waals surface area (Å²) in [6.07, 6.45) is 0. The number of anilines is 2. The molecule has 0 radical (unpaired) electrons. The zero-order chi connectivity index (χ0) is 16.2. The summed E-state index contributed by atoms with van der Waals surface area (Å²) < 4.78 is 10.5. The van der Waals surface area contributed by atoms with Gasteiger partial charge in [0.15, 0.2) is 17.3 Å². The van der Waals surface area contributed by atoms with Crippen LogP contribution in [0.1, 0.15) is 17.3 Å². The van der Waals surface area contributed by atoms with E-state index in [4.69, 9.17) is 9.47 Å². The monoisotopic (exact) mass is 312 g/mol. The highest BCUT2D eigenvalue weighted by atomic mass is 16.7. The van der Waals surface area contributed by atoms with E-state index in [0.717, 1.165) is 5.69 Å². The van der Waals surface area contributed by atoms with Crippen LogP contribution in [0.25, 0.3) is 0 Å². The fourth-order valence-electron chi connectivity index (χ4n) is 2.18. The van der Waals surface area contributed by atoms with Gasteiger partial charge in [-0.25, -0.2) is 0 Å². The Bertz CT molecular complexity index is 741. The molecule has 2 aromatic carbocycles. The van der Waals surface area contributed by atoms with Gasteiger partial charge in [-0.3, -0.25) is 9.59 Å². The Hall–Kier alpha value is -3.02. The predicted molar refractivity (Wildman–Crippen MR) is 86.1 cm³/mol. The van der Waals surface area contributed by atoms with Crippen LogP contribution in [-0.4, -0.2) is 25.0 Å². The first kappa shape index (κ1) is 14.9. The number of carbonyl (C=O) groups excluding carboxylic acids is 2. The van der Waals surface area contributed by atoms with E-state index >= 15 is 0 Å². The van der Waals surface area contributed by atoms with Crippen LogP contribution in [0, 0.1) is 0 Å². The second kappa shape index (κ2) is 6.39. The van der Waals surface area contributed by atoms with Crippen molar-refractivity contribution in [3.8, 4) is 11.5 Å². The van der Waals surface area contributed by atoms with Crippen LogP contribution >= 0.6 is 0 Å². The Morgan fingerprint density at radius 3 is 2.43 bits per heavy atom. The summed E-state index contributed by atoms with van der Waals surface area (Å²) in [7, 11) is 0. The standard InChI is InChI=1S/C17H16N2O4/c1-11(20)12-2-4-13(5-3-12)18-9-17(21)19-14-6-7-15-16(8-14)23-10-22-15/h2-8,18H,9-10H2,1H3,(H,19,21). The lowest BCUT2D eigenvalue weighted by molar-refractivity contribution is -0.114. The van der Waals surface area contributed by atoms with E-state index in [1.807, 2.05) is 0 Å². The predicted octanol–water partition coefficient (Wildman–Crippen LogP) is 2.67. The molecule has 0 saturated heterocycles. The van der Waals surface area contributed by atoms with Gasteiger partial charge in [-0.15, -0.1) is 0 Å². The number of ether oxygens (including phenoxy) is 2. The minimum absolute atomic E-state index is 0.0112. The molecule has 2 aromatic rings. The Labute approximate surface area is 133 Å². The van der Waals surface area contributed by atoms with Crippen molar-refractivity contribution in [3.63, 3.8) is 0 Å². The van der Waals surface area contributed by atoms with Gasteiger partial charge in [0.1, 0.15) is 0 Å². The molecule has 6 heteroatoms. The summed E-state index contributed by atoms with van der Waals surface area (Å²) >= 11 is 0. The first-order valence-corrected chi connectivity index (χ1v) is 7.16. The molecule has 0 atom stereocenters. The number of amides is 1. The van der Waals surface area contributed by atoms with Gasteiger partial charge < -0.3 is 20.1 Å². The van der Waals surface area contributed by atoms with E-state index in [1.165, 1.54) is 6.92 Å². The third-order valence-corrected chi connectivity index (χ3v) is 3.40. The minimum Gasteiger partial charge on any atom is -0.454 e. The molecule has 0 saturated carbocycles. The highest BCUT2D eigenvalue weighted by Crippen LogP contribution is 2.34. The molecule has 2 N–H and O–H groups in total. The highest BCUT2D eigenvalue weighted by molar-refractivity contribution is 5.95. The third kappa shape index (κ3) is 3.60. The molecular weight excluding hydrogens is 296 g/mol. The second-order valence-corrected chi connectivity index (χ2v) is 5.10. The van der Waals surface area contributed by atoms with E-state index in [0.29, 0.717) is 22.7 Å². The first-order chi connectivity index (χ1) is 11.1. The van der Waals surface area contributed by atoms with Gasteiger partial charge in [-0.2, -0.15) is 0 Å². The molecule has 1 heterocycles. The number of ketones is 1. The number of hydrogen-bond donors (Lipinski definition) is 2. The molecule has 3 rings (SSSR count). The van der Waals surface area contributed by atoms with E-state index in [1.54, 1.807) is 42.5 Å². The lowest BCUT2D eigenvalue weighted by Gasteiger charge is -2.08. The van der Waals surface area contributed by atoms with Gasteiger partial charge >= 0.3 is 0 Å². The van der Waals surface area contributed by atoms with E-state index < -0.39 is 0 Å². The number of benzene rings is 2.